The molecule has 0 bridgehead atoms. The molecule has 0 fully saturated rings. The first-order chi connectivity index (χ1) is 15.7. The predicted molar refractivity (Wildman–Crippen MR) is 134 cm³/mol. The molecule has 1 aliphatic rings. The van der Waals surface area contributed by atoms with E-state index in [9.17, 15) is 9.59 Å². The molecule has 1 atom stereocenters. The molecule has 2 aromatic rings. The van der Waals surface area contributed by atoms with Crippen LogP contribution < -0.4 is 11.1 Å². The zero-order chi connectivity index (χ0) is 24.1. The van der Waals surface area contributed by atoms with Crippen molar-refractivity contribution < 1.29 is 9.59 Å². The fraction of sp³-hybridized carbons (Fsp3) is 0.370. The van der Waals surface area contributed by atoms with Gasteiger partial charge in [-0.05, 0) is 72.5 Å². The molecule has 33 heavy (non-hydrogen) atoms. The second kappa shape index (κ2) is 10.9. The van der Waals surface area contributed by atoms with Gasteiger partial charge in [-0.15, -0.1) is 0 Å². The van der Waals surface area contributed by atoms with Gasteiger partial charge in [0.05, 0.1) is 12.3 Å². The van der Waals surface area contributed by atoms with E-state index in [1.54, 1.807) is 12.2 Å². The van der Waals surface area contributed by atoms with Gasteiger partial charge < -0.3 is 11.1 Å². The maximum Gasteiger partial charge on any atom is 0.228 e. The van der Waals surface area contributed by atoms with Crippen LogP contribution in [0, 0.1) is 25.7 Å². The average molecular weight is 466 g/mol. The van der Waals surface area contributed by atoms with E-state index in [0.29, 0.717) is 24.6 Å². The van der Waals surface area contributed by atoms with Crippen LogP contribution in [-0.2, 0) is 29.0 Å². The fourth-order valence-electron chi connectivity index (χ4n) is 4.15. The molecule has 1 aliphatic carbocycles. The number of benzene rings is 1. The summed E-state index contributed by atoms with van der Waals surface area (Å²) in [4.78, 5) is 29.2. The van der Waals surface area contributed by atoms with Crippen LogP contribution in [0.15, 0.2) is 48.2 Å². The number of carbonyl (C=O) groups is 2. The maximum atomic E-state index is 13.0. The number of rotatable bonds is 8. The number of carbonyl (C=O) groups excluding carboxylic acids is 2. The highest BCUT2D eigenvalue weighted by molar-refractivity contribution is 6.64. The molecule has 3 N–H and O–H groups in total. The molecule has 174 valence electrons. The summed E-state index contributed by atoms with van der Waals surface area (Å²) < 4.78 is 0. The van der Waals surface area contributed by atoms with Crippen LogP contribution in [0.3, 0.4) is 0 Å². The summed E-state index contributed by atoms with van der Waals surface area (Å²) in [7, 11) is 0. The second-order valence-electron chi connectivity index (χ2n) is 9.03. The second-order valence-corrected chi connectivity index (χ2v) is 9.41. The lowest BCUT2D eigenvalue weighted by molar-refractivity contribution is -0.119. The van der Waals surface area contributed by atoms with E-state index in [2.05, 4.69) is 50.4 Å². The number of aryl methyl sites for hydroxylation is 2. The average Bonchev–Trinajstić information content (AvgIpc) is 2.76. The number of amides is 1. The van der Waals surface area contributed by atoms with Crippen molar-refractivity contribution in [3.8, 4) is 11.1 Å². The molecular formula is C27H32ClN3O2. The Hall–Kier alpha value is -2.76. The molecule has 0 radical (unpaired) electrons. The van der Waals surface area contributed by atoms with Crippen molar-refractivity contribution in [1.82, 2.24) is 10.3 Å². The third kappa shape index (κ3) is 6.18. The third-order valence-electron chi connectivity index (χ3n) is 5.85. The molecule has 1 unspecified atom stereocenters. The molecule has 1 aromatic carbocycles. The standard InChI is InChI=1S/C27H32ClN3O2/c1-16(2)13-24-23(15-29)26(19-7-5-17(3)6-8-19)22(18(4)30-24)14-25(32)31-21-11-9-20(10-12-21)27(28)33/h5-9,11-12,16,20H,10,13-15,29H2,1-4H3,(H,31,32). The highest BCUT2D eigenvalue weighted by Crippen LogP contribution is 2.33. The smallest absolute Gasteiger partial charge is 0.228 e. The Labute approximate surface area is 201 Å². The van der Waals surface area contributed by atoms with Crippen LogP contribution in [0.5, 0.6) is 0 Å². The molecule has 0 saturated carbocycles. The van der Waals surface area contributed by atoms with Gasteiger partial charge in [0.25, 0.3) is 0 Å². The molecule has 1 heterocycles. The Morgan fingerprint density at radius 3 is 2.42 bits per heavy atom. The molecule has 1 aromatic heterocycles. The largest absolute Gasteiger partial charge is 0.326 e. The molecule has 6 heteroatoms. The summed E-state index contributed by atoms with van der Waals surface area (Å²) in [5.41, 5.74) is 13.9. The normalized spacial score (nSPS) is 15.5. The van der Waals surface area contributed by atoms with E-state index in [0.717, 1.165) is 40.1 Å². The van der Waals surface area contributed by atoms with E-state index in [1.165, 1.54) is 5.56 Å². The Balaban J connectivity index is 1.97. The summed E-state index contributed by atoms with van der Waals surface area (Å²) in [6.45, 7) is 8.70. The van der Waals surface area contributed by atoms with E-state index in [1.807, 2.05) is 13.0 Å². The first-order valence-electron chi connectivity index (χ1n) is 11.4. The van der Waals surface area contributed by atoms with Crippen molar-refractivity contribution in [2.45, 2.75) is 53.5 Å². The van der Waals surface area contributed by atoms with E-state index >= 15 is 0 Å². The van der Waals surface area contributed by atoms with Crippen LogP contribution in [-0.4, -0.2) is 16.1 Å². The fourth-order valence-corrected chi connectivity index (χ4v) is 4.31. The number of nitrogens with zero attached hydrogens (tertiary/aromatic N) is 1. The van der Waals surface area contributed by atoms with Gasteiger partial charge in [0.15, 0.2) is 0 Å². The minimum atomic E-state index is -0.395. The zero-order valence-electron chi connectivity index (χ0n) is 19.7. The first kappa shape index (κ1) is 24.9. The van der Waals surface area contributed by atoms with Gasteiger partial charge in [0, 0.05) is 23.6 Å². The predicted octanol–water partition coefficient (Wildman–Crippen LogP) is 4.91. The molecule has 0 aliphatic heterocycles. The monoisotopic (exact) mass is 465 g/mol. The number of aromatic nitrogens is 1. The Kier molecular flexibility index (Phi) is 8.22. The number of nitrogens with two attached hydrogens (primary N) is 1. The molecule has 0 spiro atoms. The summed E-state index contributed by atoms with van der Waals surface area (Å²) in [5, 5.41) is 2.55. The highest BCUT2D eigenvalue weighted by atomic mass is 35.5. The van der Waals surface area contributed by atoms with E-state index in [-0.39, 0.29) is 18.2 Å². The molecule has 3 rings (SSSR count). The number of hydrogen-bond donors (Lipinski definition) is 2. The van der Waals surface area contributed by atoms with Crippen LogP contribution in [0.4, 0.5) is 0 Å². The summed E-state index contributed by atoms with van der Waals surface area (Å²) in [6.07, 6.45) is 6.77. The highest BCUT2D eigenvalue weighted by Gasteiger charge is 2.22. The molecule has 1 amide bonds. The minimum Gasteiger partial charge on any atom is -0.326 e. The lowest BCUT2D eigenvalue weighted by Gasteiger charge is -2.21. The van der Waals surface area contributed by atoms with Gasteiger partial charge >= 0.3 is 0 Å². The van der Waals surface area contributed by atoms with Crippen molar-refractivity contribution in [3.05, 3.63) is 76.3 Å². The van der Waals surface area contributed by atoms with Crippen molar-refractivity contribution in [2.24, 2.45) is 17.6 Å². The number of hydrogen-bond acceptors (Lipinski definition) is 4. The van der Waals surface area contributed by atoms with Crippen LogP contribution in [0.2, 0.25) is 0 Å². The number of halogens is 1. The number of allylic oxidation sites excluding steroid dienone is 3. The lowest BCUT2D eigenvalue weighted by atomic mass is 9.88. The van der Waals surface area contributed by atoms with Crippen LogP contribution >= 0.6 is 11.6 Å². The van der Waals surface area contributed by atoms with Gasteiger partial charge in [0.2, 0.25) is 11.1 Å². The maximum absolute atomic E-state index is 13.0. The Morgan fingerprint density at radius 2 is 1.88 bits per heavy atom. The Morgan fingerprint density at radius 1 is 1.18 bits per heavy atom. The van der Waals surface area contributed by atoms with Gasteiger partial charge in [-0.2, -0.15) is 0 Å². The van der Waals surface area contributed by atoms with Crippen molar-refractivity contribution >= 4 is 22.8 Å². The summed E-state index contributed by atoms with van der Waals surface area (Å²) in [6, 6.07) is 8.31. The summed E-state index contributed by atoms with van der Waals surface area (Å²) >= 11 is 5.57. The van der Waals surface area contributed by atoms with E-state index in [4.69, 9.17) is 22.3 Å². The number of nitrogens with one attached hydrogen (secondary N) is 1. The van der Waals surface area contributed by atoms with Gasteiger partial charge in [-0.1, -0.05) is 55.8 Å². The van der Waals surface area contributed by atoms with Gasteiger partial charge in [-0.25, -0.2) is 0 Å². The molecule has 0 saturated heterocycles. The topological polar surface area (TPSA) is 85.1 Å². The van der Waals surface area contributed by atoms with Crippen LogP contribution in [0.1, 0.15) is 48.3 Å². The van der Waals surface area contributed by atoms with Crippen molar-refractivity contribution in [3.63, 3.8) is 0 Å². The third-order valence-corrected chi connectivity index (χ3v) is 6.13. The first-order valence-corrected chi connectivity index (χ1v) is 11.7. The van der Waals surface area contributed by atoms with Gasteiger partial charge in [0.1, 0.15) is 0 Å². The quantitative estimate of drug-likeness (QED) is 0.542. The van der Waals surface area contributed by atoms with Crippen molar-refractivity contribution in [1.29, 1.82) is 0 Å². The number of pyridine rings is 1. The zero-order valence-corrected chi connectivity index (χ0v) is 20.5. The molecular weight excluding hydrogens is 434 g/mol. The summed E-state index contributed by atoms with van der Waals surface area (Å²) in [5.74, 6) is -0.0390. The Bertz CT molecular complexity index is 1100. The van der Waals surface area contributed by atoms with E-state index < -0.39 is 5.24 Å². The molecule has 5 nitrogen and oxygen atoms in total. The SMILES string of the molecule is Cc1ccc(-c2c(CC(=O)NC3=CCC(C(=O)Cl)C=C3)c(C)nc(CC(C)C)c2CN)cc1. The van der Waals surface area contributed by atoms with Crippen LogP contribution in [0.25, 0.3) is 11.1 Å². The lowest BCUT2D eigenvalue weighted by Crippen LogP contribution is -2.26. The minimum absolute atomic E-state index is 0.139. The van der Waals surface area contributed by atoms with Crippen molar-refractivity contribution in [2.75, 3.05) is 0 Å². The van der Waals surface area contributed by atoms with Gasteiger partial charge in [-0.3, -0.25) is 14.6 Å².